The molecule has 1 atom stereocenters. The molecule has 0 spiro atoms. The molecule has 0 aromatic heterocycles. The van der Waals surface area contributed by atoms with Crippen LogP contribution in [0.3, 0.4) is 0 Å². The molecule has 132 valence electrons. The van der Waals surface area contributed by atoms with Crippen LogP contribution >= 0.6 is 0 Å². The highest BCUT2D eigenvalue weighted by molar-refractivity contribution is 5.76. The number of piperidine rings is 1. The van der Waals surface area contributed by atoms with Crippen molar-refractivity contribution >= 4 is 5.91 Å². The van der Waals surface area contributed by atoms with Gasteiger partial charge in [-0.05, 0) is 50.4 Å². The quantitative estimate of drug-likeness (QED) is 0.869. The number of carbonyl (C=O) groups is 1. The van der Waals surface area contributed by atoms with Crippen molar-refractivity contribution in [2.24, 2.45) is 0 Å². The van der Waals surface area contributed by atoms with E-state index in [2.05, 4.69) is 17.3 Å². The molecule has 1 amide bonds. The molecule has 3 rings (SSSR count). The third kappa shape index (κ3) is 5.21. The zero-order valence-corrected chi connectivity index (χ0v) is 14.5. The SMILES string of the molecule is CN1CCC(Oc2ccc(CNC(=O)C[C@@H]3CCCO3)cc2)CC1. The van der Waals surface area contributed by atoms with Gasteiger partial charge in [-0.15, -0.1) is 0 Å². The van der Waals surface area contributed by atoms with E-state index in [0.29, 0.717) is 19.1 Å². The van der Waals surface area contributed by atoms with Crippen LogP contribution in [0, 0.1) is 0 Å². The van der Waals surface area contributed by atoms with Gasteiger partial charge in [-0.25, -0.2) is 0 Å². The molecule has 5 nitrogen and oxygen atoms in total. The lowest BCUT2D eigenvalue weighted by atomic mass is 10.1. The Labute approximate surface area is 144 Å². The zero-order chi connectivity index (χ0) is 16.8. The number of nitrogens with one attached hydrogen (secondary N) is 1. The lowest BCUT2D eigenvalue weighted by molar-refractivity contribution is -0.123. The summed E-state index contributed by atoms with van der Waals surface area (Å²) < 4.78 is 11.5. The number of nitrogens with zero attached hydrogens (tertiary/aromatic N) is 1. The third-order valence-corrected chi connectivity index (χ3v) is 4.82. The second-order valence-electron chi connectivity index (χ2n) is 6.88. The third-order valence-electron chi connectivity index (χ3n) is 4.82. The van der Waals surface area contributed by atoms with Crippen LogP contribution in [0.4, 0.5) is 0 Å². The summed E-state index contributed by atoms with van der Waals surface area (Å²) in [6.45, 7) is 3.54. The minimum Gasteiger partial charge on any atom is -0.490 e. The first-order valence-electron chi connectivity index (χ1n) is 9.01. The average Bonchev–Trinajstić information content (AvgIpc) is 3.09. The number of likely N-dealkylation sites (tertiary alicyclic amines) is 1. The Hall–Kier alpha value is -1.59. The first kappa shape index (κ1) is 17.2. The molecule has 24 heavy (non-hydrogen) atoms. The molecule has 0 unspecified atom stereocenters. The van der Waals surface area contributed by atoms with Crippen molar-refractivity contribution in [3.8, 4) is 5.75 Å². The van der Waals surface area contributed by atoms with Gasteiger partial charge in [-0.2, -0.15) is 0 Å². The molecule has 1 aromatic carbocycles. The summed E-state index contributed by atoms with van der Waals surface area (Å²) in [6.07, 6.45) is 5.12. The highest BCUT2D eigenvalue weighted by atomic mass is 16.5. The van der Waals surface area contributed by atoms with Crippen LogP contribution in [0.2, 0.25) is 0 Å². The molecule has 0 bridgehead atoms. The molecule has 0 saturated carbocycles. The van der Waals surface area contributed by atoms with Gasteiger partial charge in [0.05, 0.1) is 12.5 Å². The molecule has 2 saturated heterocycles. The fraction of sp³-hybridized carbons (Fsp3) is 0.632. The lowest BCUT2D eigenvalue weighted by Gasteiger charge is -2.29. The van der Waals surface area contributed by atoms with E-state index in [9.17, 15) is 4.79 Å². The van der Waals surface area contributed by atoms with Crippen molar-refractivity contribution in [1.82, 2.24) is 10.2 Å². The van der Waals surface area contributed by atoms with Crippen molar-refractivity contribution in [2.45, 2.75) is 50.9 Å². The Morgan fingerprint density at radius 3 is 2.67 bits per heavy atom. The van der Waals surface area contributed by atoms with Gasteiger partial charge in [0, 0.05) is 26.2 Å². The fourth-order valence-corrected chi connectivity index (χ4v) is 3.27. The van der Waals surface area contributed by atoms with Crippen LogP contribution in [-0.4, -0.2) is 49.8 Å². The molecule has 0 aliphatic carbocycles. The van der Waals surface area contributed by atoms with E-state index in [4.69, 9.17) is 9.47 Å². The minimum absolute atomic E-state index is 0.0635. The van der Waals surface area contributed by atoms with Crippen LogP contribution < -0.4 is 10.1 Å². The summed E-state index contributed by atoms with van der Waals surface area (Å²) in [5, 5.41) is 2.97. The monoisotopic (exact) mass is 332 g/mol. The second kappa shape index (κ2) is 8.49. The predicted molar refractivity (Wildman–Crippen MR) is 93.0 cm³/mol. The lowest BCUT2D eigenvalue weighted by Crippen LogP contribution is -2.35. The van der Waals surface area contributed by atoms with Gasteiger partial charge in [0.25, 0.3) is 0 Å². The number of rotatable bonds is 6. The van der Waals surface area contributed by atoms with E-state index in [-0.39, 0.29) is 12.0 Å². The van der Waals surface area contributed by atoms with E-state index in [1.165, 1.54) is 0 Å². The summed E-state index contributed by atoms with van der Waals surface area (Å²) in [5.41, 5.74) is 1.09. The van der Waals surface area contributed by atoms with Crippen LogP contribution in [0.15, 0.2) is 24.3 Å². The molecular weight excluding hydrogens is 304 g/mol. The fourth-order valence-electron chi connectivity index (χ4n) is 3.27. The molecule has 2 heterocycles. The van der Waals surface area contributed by atoms with Gasteiger partial charge < -0.3 is 19.7 Å². The Morgan fingerprint density at radius 1 is 1.25 bits per heavy atom. The van der Waals surface area contributed by atoms with Crippen molar-refractivity contribution in [1.29, 1.82) is 0 Å². The number of hydrogen-bond donors (Lipinski definition) is 1. The van der Waals surface area contributed by atoms with Crippen molar-refractivity contribution in [2.75, 3.05) is 26.7 Å². The normalized spacial score (nSPS) is 22.5. The minimum atomic E-state index is 0.0635. The zero-order valence-electron chi connectivity index (χ0n) is 14.5. The van der Waals surface area contributed by atoms with Crippen LogP contribution in [0.1, 0.15) is 37.7 Å². The summed E-state index contributed by atoms with van der Waals surface area (Å²) in [4.78, 5) is 14.2. The van der Waals surface area contributed by atoms with Gasteiger partial charge in [-0.3, -0.25) is 4.79 Å². The van der Waals surface area contributed by atoms with Crippen LogP contribution in [-0.2, 0) is 16.1 Å². The number of amides is 1. The first-order chi connectivity index (χ1) is 11.7. The molecule has 1 N–H and O–H groups in total. The van der Waals surface area contributed by atoms with Gasteiger partial charge in [-0.1, -0.05) is 12.1 Å². The van der Waals surface area contributed by atoms with E-state index in [1.807, 2.05) is 24.3 Å². The molecule has 5 heteroatoms. The largest absolute Gasteiger partial charge is 0.490 e. The maximum atomic E-state index is 11.9. The van der Waals surface area contributed by atoms with E-state index < -0.39 is 0 Å². The summed E-state index contributed by atoms with van der Waals surface area (Å²) >= 11 is 0. The summed E-state index contributed by atoms with van der Waals surface area (Å²) in [6, 6.07) is 8.05. The standard InChI is InChI=1S/C19H28N2O3/c1-21-10-8-17(9-11-21)24-16-6-4-15(5-7-16)14-20-19(22)13-18-3-2-12-23-18/h4-7,17-18H,2-3,8-14H2,1H3,(H,20,22)/t18-/m0/s1. The maximum absolute atomic E-state index is 11.9. The van der Waals surface area contributed by atoms with Gasteiger partial charge in [0.1, 0.15) is 11.9 Å². The molecule has 1 aromatic rings. The summed E-state index contributed by atoms with van der Waals surface area (Å²) in [5.74, 6) is 0.979. The molecule has 2 fully saturated rings. The van der Waals surface area contributed by atoms with Crippen molar-refractivity contribution in [3.05, 3.63) is 29.8 Å². The van der Waals surface area contributed by atoms with Crippen molar-refractivity contribution in [3.63, 3.8) is 0 Å². The Bertz CT molecular complexity index is 518. The van der Waals surface area contributed by atoms with Crippen LogP contribution in [0.25, 0.3) is 0 Å². The Morgan fingerprint density at radius 2 is 2.00 bits per heavy atom. The van der Waals surface area contributed by atoms with E-state index >= 15 is 0 Å². The molecule has 2 aliphatic rings. The Kier molecular flexibility index (Phi) is 6.10. The smallest absolute Gasteiger partial charge is 0.222 e. The van der Waals surface area contributed by atoms with Gasteiger partial charge in [0.2, 0.25) is 5.91 Å². The molecular formula is C19H28N2O3. The molecule has 0 radical (unpaired) electrons. The van der Waals surface area contributed by atoms with Crippen LogP contribution in [0.5, 0.6) is 5.75 Å². The number of carbonyl (C=O) groups excluding carboxylic acids is 1. The molecule has 2 aliphatic heterocycles. The number of hydrogen-bond acceptors (Lipinski definition) is 4. The first-order valence-corrected chi connectivity index (χ1v) is 9.01. The second-order valence-corrected chi connectivity index (χ2v) is 6.88. The Balaban J connectivity index is 1.40. The predicted octanol–water partition coefficient (Wildman–Crippen LogP) is 2.34. The topological polar surface area (TPSA) is 50.8 Å². The number of ether oxygens (including phenoxy) is 2. The number of benzene rings is 1. The summed E-state index contributed by atoms with van der Waals surface area (Å²) in [7, 11) is 2.15. The average molecular weight is 332 g/mol. The van der Waals surface area contributed by atoms with Gasteiger partial charge >= 0.3 is 0 Å². The highest BCUT2D eigenvalue weighted by Gasteiger charge is 2.19. The van der Waals surface area contributed by atoms with Gasteiger partial charge in [0.15, 0.2) is 0 Å². The van der Waals surface area contributed by atoms with Crippen molar-refractivity contribution < 1.29 is 14.3 Å². The maximum Gasteiger partial charge on any atom is 0.222 e. The highest BCUT2D eigenvalue weighted by Crippen LogP contribution is 2.19. The van der Waals surface area contributed by atoms with E-state index in [0.717, 1.165) is 56.7 Å². The van der Waals surface area contributed by atoms with E-state index in [1.54, 1.807) is 0 Å².